The molecule has 0 aliphatic heterocycles. The van der Waals surface area contributed by atoms with Crippen molar-refractivity contribution in [3.05, 3.63) is 59.8 Å². The monoisotopic (exact) mass is 298 g/mol. The summed E-state index contributed by atoms with van der Waals surface area (Å²) in [5.41, 5.74) is 2.25. The van der Waals surface area contributed by atoms with Crippen LogP contribution in [-0.4, -0.2) is 22.6 Å². The minimum atomic E-state index is -0.794. The van der Waals surface area contributed by atoms with Gasteiger partial charge in [0.05, 0.1) is 12.0 Å². The molecule has 22 heavy (non-hydrogen) atoms. The maximum Gasteiger partial charge on any atom is 0.308 e. The summed E-state index contributed by atoms with van der Waals surface area (Å²) in [6.07, 6.45) is 1.76. The molecule has 0 saturated carbocycles. The van der Waals surface area contributed by atoms with E-state index in [1.54, 1.807) is 13.1 Å². The van der Waals surface area contributed by atoms with Gasteiger partial charge in [0.1, 0.15) is 5.82 Å². The van der Waals surface area contributed by atoms with Gasteiger partial charge < -0.3 is 10.0 Å². The minimum Gasteiger partial charge on any atom is -0.481 e. The van der Waals surface area contributed by atoms with Crippen LogP contribution in [0.3, 0.4) is 0 Å². The van der Waals surface area contributed by atoms with E-state index in [0.717, 1.165) is 16.9 Å². The van der Waals surface area contributed by atoms with Gasteiger partial charge in [-0.25, -0.2) is 4.98 Å². The molecule has 1 aromatic heterocycles. The van der Waals surface area contributed by atoms with Gasteiger partial charge in [0.25, 0.3) is 0 Å². The number of hydrogen-bond acceptors (Lipinski definition) is 3. The molecule has 1 aromatic carbocycles. The number of carboxylic acids is 1. The molecular weight excluding hydrogens is 276 g/mol. The highest BCUT2D eigenvalue weighted by Gasteiger charge is 2.22. The summed E-state index contributed by atoms with van der Waals surface area (Å²) in [6, 6.07) is 14.1. The Balaban J connectivity index is 2.34. The lowest BCUT2D eigenvalue weighted by Crippen LogP contribution is -2.34. The lowest BCUT2D eigenvalue weighted by molar-refractivity contribution is -0.140. The Morgan fingerprint density at radius 3 is 2.50 bits per heavy atom. The average Bonchev–Trinajstić information content (AvgIpc) is 2.52. The molecular formula is C18H22N2O2. The third kappa shape index (κ3) is 3.85. The minimum absolute atomic E-state index is 0.0531. The number of benzene rings is 1. The van der Waals surface area contributed by atoms with Gasteiger partial charge in [-0.05, 0) is 37.1 Å². The second-order valence-electron chi connectivity index (χ2n) is 5.67. The lowest BCUT2D eigenvalue weighted by atomic mass is 10.0. The second kappa shape index (κ2) is 7.07. The molecule has 116 valence electrons. The summed E-state index contributed by atoms with van der Waals surface area (Å²) in [4.78, 5) is 17.7. The predicted octanol–water partition coefficient (Wildman–Crippen LogP) is 3.68. The molecule has 2 rings (SSSR count). The third-order valence-electron chi connectivity index (χ3n) is 3.84. The molecule has 2 aromatic rings. The number of carbonyl (C=O) groups is 1. The van der Waals surface area contributed by atoms with E-state index in [-0.39, 0.29) is 6.04 Å². The van der Waals surface area contributed by atoms with Crippen molar-refractivity contribution in [1.82, 2.24) is 4.98 Å². The predicted molar refractivity (Wildman–Crippen MR) is 88.0 cm³/mol. The zero-order chi connectivity index (χ0) is 16.1. The van der Waals surface area contributed by atoms with Crippen molar-refractivity contribution in [2.75, 3.05) is 11.4 Å². The molecule has 2 atom stereocenters. The average molecular weight is 298 g/mol. The summed E-state index contributed by atoms with van der Waals surface area (Å²) in [5, 5.41) is 9.24. The number of pyridine rings is 1. The SMILES string of the molecule is Cc1ccnc(N(CC(C)C(=O)O)C(C)c2ccccc2)c1. The smallest absolute Gasteiger partial charge is 0.308 e. The molecule has 4 nitrogen and oxygen atoms in total. The van der Waals surface area contributed by atoms with Gasteiger partial charge in [-0.15, -0.1) is 0 Å². The summed E-state index contributed by atoms with van der Waals surface area (Å²) in [6.45, 7) is 6.23. The number of aromatic nitrogens is 1. The largest absolute Gasteiger partial charge is 0.481 e. The molecule has 0 radical (unpaired) electrons. The maximum absolute atomic E-state index is 11.2. The first-order valence-electron chi connectivity index (χ1n) is 7.46. The molecule has 4 heteroatoms. The standard InChI is InChI=1S/C18H22N2O2/c1-13-9-10-19-17(11-13)20(12-14(2)18(21)22)15(3)16-7-5-4-6-8-16/h4-11,14-15H,12H2,1-3H3,(H,21,22). The summed E-state index contributed by atoms with van der Waals surface area (Å²) in [5.74, 6) is -0.448. The molecule has 0 aliphatic carbocycles. The Labute approximate surface area is 131 Å². The quantitative estimate of drug-likeness (QED) is 0.884. The number of hydrogen-bond donors (Lipinski definition) is 1. The van der Waals surface area contributed by atoms with Gasteiger partial charge in [0.2, 0.25) is 0 Å². The van der Waals surface area contributed by atoms with Crippen molar-refractivity contribution < 1.29 is 9.90 Å². The van der Waals surface area contributed by atoms with Crippen LogP contribution in [-0.2, 0) is 4.79 Å². The Kier molecular flexibility index (Phi) is 5.15. The van der Waals surface area contributed by atoms with Crippen molar-refractivity contribution in [3.63, 3.8) is 0 Å². The van der Waals surface area contributed by atoms with Crippen molar-refractivity contribution in [2.45, 2.75) is 26.8 Å². The molecule has 2 unspecified atom stereocenters. The molecule has 0 aliphatic rings. The summed E-state index contributed by atoms with van der Waals surface area (Å²) < 4.78 is 0. The fraction of sp³-hybridized carbons (Fsp3) is 0.333. The first-order chi connectivity index (χ1) is 10.5. The Bertz CT molecular complexity index is 628. The maximum atomic E-state index is 11.2. The van der Waals surface area contributed by atoms with E-state index < -0.39 is 11.9 Å². The van der Waals surface area contributed by atoms with Crippen LogP contribution in [0, 0.1) is 12.8 Å². The fourth-order valence-corrected chi connectivity index (χ4v) is 2.41. The summed E-state index contributed by atoms with van der Waals surface area (Å²) in [7, 11) is 0. The molecule has 0 bridgehead atoms. The van der Waals surface area contributed by atoms with Gasteiger partial charge in [-0.2, -0.15) is 0 Å². The molecule has 1 N–H and O–H groups in total. The summed E-state index contributed by atoms with van der Waals surface area (Å²) >= 11 is 0. The Morgan fingerprint density at radius 2 is 1.91 bits per heavy atom. The van der Waals surface area contributed by atoms with Gasteiger partial charge in [0.15, 0.2) is 0 Å². The van der Waals surface area contributed by atoms with Crippen LogP contribution in [0.4, 0.5) is 5.82 Å². The van der Waals surface area contributed by atoms with Crippen LogP contribution in [0.25, 0.3) is 0 Å². The van der Waals surface area contributed by atoms with Crippen LogP contribution in [0.5, 0.6) is 0 Å². The lowest BCUT2D eigenvalue weighted by Gasteiger charge is -2.32. The van der Waals surface area contributed by atoms with E-state index in [2.05, 4.69) is 28.9 Å². The normalized spacial score (nSPS) is 13.4. The van der Waals surface area contributed by atoms with Crippen molar-refractivity contribution in [1.29, 1.82) is 0 Å². The van der Waals surface area contributed by atoms with Crippen molar-refractivity contribution in [3.8, 4) is 0 Å². The van der Waals surface area contributed by atoms with Gasteiger partial charge in [-0.1, -0.05) is 37.3 Å². The van der Waals surface area contributed by atoms with Crippen LogP contribution in [0.15, 0.2) is 48.7 Å². The van der Waals surface area contributed by atoms with Gasteiger partial charge in [0, 0.05) is 12.7 Å². The fourth-order valence-electron chi connectivity index (χ4n) is 2.41. The highest BCUT2D eigenvalue weighted by molar-refractivity contribution is 5.70. The molecule has 0 saturated heterocycles. The van der Waals surface area contributed by atoms with Gasteiger partial charge >= 0.3 is 5.97 Å². The first-order valence-corrected chi connectivity index (χ1v) is 7.46. The van der Waals surface area contributed by atoms with E-state index in [9.17, 15) is 9.90 Å². The van der Waals surface area contributed by atoms with Crippen molar-refractivity contribution in [2.24, 2.45) is 5.92 Å². The van der Waals surface area contributed by atoms with Crippen LogP contribution >= 0.6 is 0 Å². The molecule has 1 heterocycles. The number of nitrogens with zero attached hydrogens (tertiary/aromatic N) is 2. The number of aliphatic carboxylic acids is 1. The highest BCUT2D eigenvalue weighted by Crippen LogP contribution is 2.26. The Morgan fingerprint density at radius 1 is 1.23 bits per heavy atom. The Hall–Kier alpha value is -2.36. The van der Waals surface area contributed by atoms with Gasteiger partial charge in [-0.3, -0.25) is 4.79 Å². The number of carboxylic acid groups (broad SMARTS) is 1. The van der Waals surface area contributed by atoms with E-state index in [0.29, 0.717) is 6.54 Å². The number of aryl methyl sites for hydroxylation is 1. The molecule has 0 fully saturated rings. The van der Waals surface area contributed by atoms with E-state index >= 15 is 0 Å². The number of rotatable bonds is 6. The molecule has 0 amide bonds. The third-order valence-corrected chi connectivity index (χ3v) is 3.84. The zero-order valence-electron chi connectivity index (χ0n) is 13.2. The first kappa shape index (κ1) is 16.0. The second-order valence-corrected chi connectivity index (χ2v) is 5.67. The number of anilines is 1. The van der Waals surface area contributed by atoms with Crippen molar-refractivity contribution >= 4 is 11.8 Å². The topological polar surface area (TPSA) is 53.4 Å². The van der Waals surface area contributed by atoms with Crippen LogP contribution < -0.4 is 4.90 Å². The van der Waals surface area contributed by atoms with E-state index in [4.69, 9.17) is 0 Å². The van der Waals surface area contributed by atoms with Crippen LogP contribution in [0.1, 0.15) is 31.0 Å². The zero-order valence-corrected chi connectivity index (χ0v) is 13.2. The molecule has 0 spiro atoms. The van der Waals surface area contributed by atoms with Crippen LogP contribution in [0.2, 0.25) is 0 Å². The van der Waals surface area contributed by atoms with E-state index in [1.807, 2.05) is 37.3 Å². The van der Waals surface area contributed by atoms with E-state index in [1.165, 1.54) is 0 Å². The highest BCUT2D eigenvalue weighted by atomic mass is 16.4.